The first kappa shape index (κ1) is 7.59. The lowest BCUT2D eigenvalue weighted by atomic mass is 10.3. The highest BCUT2D eigenvalue weighted by Crippen LogP contribution is 1.75. The van der Waals surface area contributed by atoms with Crippen molar-refractivity contribution in [3.05, 3.63) is 0 Å². The number of carbonyl (C=O) groups excluding carboxylic acids is 1. The molecule has 0 aromatic rings. The minimum Gasteiger partial charge on any atom is -0.321 e. The fraction of sp³-hybridized carbons (Fsp3) is 0.800. The zero-order valence-electron chi connectivity index (χ0n) is 5.29. The van der Waals surface area contributed by atoms with E-state index in [0.29, 0.717) is 6.54 Å². The van der Waals surface area contributed by atoms with Crippen LogP contribution in [0.3, 0.4) is 0 Å². The van der Waals surface area contributed by atoms with Crippen LogP contribution in [0.5, 0.6) is 0 Å². The predicted molar refractivity (Wildman–Crippen MR) is 32.6 cm³/mol. The lowest BCUT2D eigenvalue weighted by Gasteiger charge is -2.10. The van der Waals surface area contributed by atoms with Crippen LogP contribution in [0.25, 0.3) is 0 Å². The molecule has 0 saturated heterocycles. The lowest BCUT2D eigenvalue weighted by molar-refractivity contribution is -0.109. The third kappa shape index (κ3) is 3.77. The van der Waals surface area contributed by atoms with E-state index in [9.17, 15) is 4.79 Å². The summed E-state index contributed by atoms with van der Waals surface area (Å²) in [6.45, 7) is 0.628. The molecule has 1 atom stereocenters. The van der Waals surface area contributed by atoms with Gasteiger partial charge in [0, 0.05) is 6.54 Å². The van der Waals surface area contributed by atoms with E-state index in [1.165, 1.54) is 0 Å². The molecular formula is C5H12N2O. The molecular weight excluding hydrogens is 104 g/mol. The highest BCUT2D eigenvalue weighted by atomic mass is 16.1. The maximum Gasteiger partial charge on any atom is 0.137 e. The van der Waals surface area contributed by atoms with Gasteiger partial charge in [-0.3, -0.25) is 0 Å². The molecule has 0 spiro atoms. The van der Waals surface area contributed by atoms with Gasteiger partial charge in [0.25, 0.3) is 0 Å². The number of rotatable bonds is 3. The van der Waals surface area contributed by atoms with Gasteiger partial charge in [0.15, 0.2) is 0 Å². The van der Waals surface area contributed by atoms with Crippen molar-refractivity contribution in [1.29, 1.82) is 0 Å². The van der Waals surface area contributed by atoms with E-state index in [2.05, 4.69) is 0 Å². The summed E-state index contributed by atoms with van der Waals surface area (Å²) in [5.74, 6) is 0. The monoisotopic (exact) mass is 116 g/mol. The van der Waals surface area contributed by atoms with E-state index in [-0.39, 0.29) is 6.04 Å². The molecule has 0 aliphatic heterocycles. The molecule has 0 fully saturated rings. The second kappa shape index (κ2) is 3.57. The quantitative estimate of drug-likeness (QED) is 0.485. The van der Waals surface area contributed by atoms with Crippen LogP contribution < -0.4 is 5.73 Å². The van der Waals surface area contributed by atoms with Crippen LogP contribution in [-0.2, 0) is 4.79 Å². The summed E-state index contributed by atoms with van der Waals surface area (Å²) in [5.41, 5.74) is 5.26. The first-order valence-corrected chi connectivity index (χ1v) is 2.52. The van der Waals surface area contributed by atoms with Gasteiger partial charge < -0.3 is 15.4 Å². The van der Waals surface area contributed by atoms with Gasteiger partial charge in [0.05, 0.1) is 6.04 Å². The highest BCUT2D eigenvalue weighted by Gasteiger charge is 1.98. The molecule has 48 valence electrons. The maximum atomic E-state index is 9.89. The van der Waals surface area contributed by atoms with Crippen molar-refractivity contribution in [2.45, 2.75) is 6.04 Å². The first-order valence-electron chi connectivity index (χ1n) is 2.52. The molecule has 0 amide bonds. The summed E-state index contributed by atoms with van der Waals surface area (Å²) in [6, 6.07) is -0.329. The molecule has 0 saturated carbocycles. The number of aldehydes is 1. The molecule has 2 N–H and O–H groups in total. The SMILES string of the molecule is CN(C)CC(N)C=O. The minimum absolute atomic E-state index is 0.329. The topological polar surface area (TPSA) is 46.3 Å². The maximum absolute atomic E-state index is 9.89. The van der Waals surface area contributed by atoms with Crippen molar-refractivity contribution in [2.24, 2.45) is 5.73 Å². The lowest BCUT2D eigenvalue weighted by Crippen LogP contribution is -2.34. The third-order valence-corrected chi connectivity index (χ3v) is 0.751. The van der Waals surface area contributed by atoms with Crippen LogP contribution >= 0.6 is 0 Å². The largest absolute Gasteiger partial charge is 0.321 e. The van der Waals surface area contributed by atoms with Gasteiger partial charge in [0.2, 0.25) is 0 Å². The Hall–Kier alpha value is -0.410. The molecule has 0 aromatic carbocycles. The predicted octanol–water partition coefficient (Wildman–Crippen LogP) is -0.926. The molecule has 0 aliphatic carbocycles. The standard InChI is InChI=1S/C5H12N2O/c1-7(2)3-5(6)4-8/h4-5H,3,6H2,1-2H3. The van der Waals surface area contributed by atoms with Crippen molar-refractivity contribution >= 4 is 6.29 Å². The molecule has 0 bridgehead atoms. The Balaban J connectivity index is 3.23. The van der Waals surface area contributed by atoms with E-state index in [0.717, 1.165) is 6.29 Å². The molecule has 0 aromatic heterocycles. The summed E-state index contributed by atoms with van der Waals surface area (Å²) in [6.07, 6.45) is 0.750. The highest BCUT2D eigenvalue weighted by molar-refractivity contribution is 5.57. The van der Waals surface area contributed by atoms with Crippen molar-refractivity contribution < 1.29 is 4.79 Å². The Morgan fingerprint density at radius 3 is 2.38 bits per heavy atom. The fourth-order valence-electron chi connectivity index (χ4n) is 0.465. The molecule has 3 heteroatoms. The number of nitrogens with two attached hydrogens (primary N) is 1. The summed E-state index contributed by atoms with van der Waals surface area (Å²) in [7, 11) is 3.76. The Bertz CT molecular complexity index is 72.8. The number of hydrogen-bond donors (Lipinski definition) is 1. The van der Waals surface area contributed by atoms with Gasteiger partial charge in [-0.1, -0.05) is 0 Å². The Morgan fingerprint density at radius 1 is 1.75 bits per heavy atom. The molecule has 0 rings (SSSR count). The summed E-state index contributed by atoms with van der Waals surface area (Å²) in [4.78, 5) is 11.8. The molecule has 0 radical (unpaired) electrons. The number of nitrogens with zero attached hydrogens (tertiary/aromatic N) is 1. The van der Waals surface area contributed by atoms with Crippen LogP contribution in [-0.4, -0.2) is 37.9 Å². The second-order valence-corrected chi connectivity index (χ2v) is 2.06. The van der Waals surface area contributed by atoms with Gasteiger partial charge >= 0.3 is 0 Å². The van der Waals surface area contributed by atoms with E-state index in [4.69, 9.17) is 5.73 Å². The van der Waals surface area contributed by atoms with Crippen LogP contribution in [0.15, 0.2) is 0 Å². The summed E-state index contributed by atoms with van der Waals surface area (Å²) in [5, 5.41) is 0. The van der Waals surface area contributed by atoms with Crippen molar-refractivity contribution in [1.82, 2.24) is 4.90 Å². The third-order valence-electron chi connectivity index (χ3n) is 0.751. The van der Waals surface area contributed by atoms with Gasteiger partial charge in [-0.15, -0.1) is 0 Å². The number of carbonyl (C=O) groups is 1. The van der Waals surface area contributed by atoms with Gasteiger partial charge in [-0.2, -0.15) is 0 Å². The van der Waals surface area contributed by atoms with Crippen molar-refractivity contribution in [3.63, 3.8) is 0 Å². The van der Waals surface area contributed by atoms with Crippen molar-refractivity contribution in [3.8, 4) is 0 Å². The Labute approximate surface area is 49.5 Å². The van der Waals surface area contributed by atoms with Crippen LogP contribution in [0, 0.1) is 0 Å². The Kier molecular flexibility index (Phi) is 3.39. The second-order valence-electron chi connectivity index (χ2n) is 2.06. The molecule has 0 heterocycles. The zero-order chi connectivity index (χ0) is 6.57. The smallest absolute Gasteiger partial charge is 0.137 e. The van der Waals surface area contributed by atoms with Crippen LogP contribution in [0.2, 0.25) is 0 Å². The molecule has 0 aliphatic rings. The zero-order valence-corrected chi connectivity index (χ0v) is 5.29. The van der Waals surface area contributed by atoms with E-state index < -0.39 is 0 Å². The van der Waals surface area contributed by atoms with Crippen LogP contribution in [0.1, 0.15) is 0 Å². The summed E-state index contributed by atoms with van der Waals surface area (Å²) < 4.78 is 0. The first-order chi connectivity index (χ1) is 3.66. The van der Waals surface area contributed by atoms with E-state index in [1.807, 2.05) is 19.0 Å². The van der Waals surface area contributed by atoms with E-state index >= 15 is 0 Å². The average Bonchev–Trinajstić information content (AvgIpc) is 1.65. The minimum atomic E-state index is -0.329. The summed E-state index contributed by atoms with van der Waals surface area (Å²) >= 11 is 0. The molecule has 3 nitrogen and oxygen atoms in total. The van der Waals surface area contributed by atoms with E-state index in [1.54, 1.807) is 0 Å². The van der Waals surface area contributed by atoms with Gasteiger partial charge in [-0.25, -0.2) is 0 Å². The number of hydrogen-bond acceptors (Lipinski definition) is 3. The van der Waals surface area contributed by atoms with Gasteiger partial charge in [-0.05, 0) is 14.1 Å². The Morgan fingerprint density at radius 2 is 2.25 bits per heavy atom. The molecule has 1 unspecified atom stereocenters. The van der Waals surface area contributed by atoms with Gasteiger partial charge in [0.1, 0.15) is 6.29 Å². The fourth-order valence-corrected chi connectivity index (χ4v) is 0.465. The molecule has 8 heavy (non-hydrogen) atoms. The van der Waals surface area contributed by atoms with Crippen molar-refractivity contribution in [2.75, 3.05) is 20.6 Å². The van der Waals surface area contributed by atoms with Crippen LogP contribution in [0.4, 0.5) is 0 Å². The number of likely N-dealkylation sites (N-methyl/N-ethyl adjacent to an activating group) is 1. The normalized spacial score (nSPS) is 14.0. The average molecular weight is 116 g/mol.